The third-order valence-electron chi connectivity index (χ3n) is 5.98. The molecule has 37 heavy (non-hydrogen) atoms. The van der Waals surface area contributed by atoms with E-state index in [1.807, 2.05) is 19.1 Å². The van der Waals surface area contributed by atoms with E-state index in [9.17, 15) is 13.2 Å². The van der Waals surface area contributed by atoms with E-state index in [2.05, 4.69) is 0 Å². The average Bonchev–Trinajstić information content (AvgIpc) is 2.90. The number of aryl methyl sites for hydroxylation is 1. The topological polar surface area (TPSA) is 57.7 Å². The van der Waals surface area contributed by atoms with Crippen molar-refractivity contribution >= 4 is 44.8 Å². The molecule has 1 amide bonds. The molecule has 0 saturated carbocycles. The van der Waals surface area contributed by atoms with Crippen LogP contribution < -0.4 is 4.31 Å². The van der Waals surface area contributed by atoms with Crippen molar-refractivity contribution in [2.75, 3.05) is 11.4 Å². The van der Waals surface area contributed by atoms with E-state index >= 15 is 0 Å². The third-order valence-corrected chi connectivity index (χ3v) is 8.24. The monoisotopic (exact) mass is 552 g/mol. The van der Waals surface area contributed by atoms with Crippen LogP contribution in [0.5, 0.6) is 0 Å². The second-order valence-corrected chi connectivity index (χ2v) is 11.5. The highest BCUT2D eigenvalue weighted by Gasteiger charge is 2.26. The van der Waals surface area contributed by atoms with E-state index in [-0.39, 0.29) is 17.3 Å². The van der Waals surface area contributed by atoms with Gasteiger partial charge in [-0.15, -0.1) is 0 Å². The van der Waals surface area contributed by atoms with E-state index in [1.54, 1.807) is 96.9 Å². The van der Waals surface area contributed by atoms with Crippen molar-refractivity contribution in [3.63, 3.8) is 0 Å². The maximum Gasteiger partial charge on any atom is 0.264 e. The molecule has 8 heteroatoms. The Labute approximate surface area is 227 Å². The second-order valence-electron chi connectivity index (χ2n) is 8.74. The molecule has 0 fully saturated rings. The molecule has 4 aromatic rings. The van der Waals surface area contributed by atoms with E-state index in [4.69, 9.17) is 23.2 Å². The van der Waals surface area contributed by atoms with Crippen molar-refractivity contribution in [1.82, 2.24) is 4.90 Å². The van der Waals surface area contributed by atoms with Gasteiger partial charge in [-0.3, -0.25) is 9.10 Å². The first-order valence-electron chi connectivity index (χ1n) is 11.6. The first kappa shape index (κ1) is 26.7. The number of hydrogen-bond acceptors (Lipinski definition) is 3. The van der Waals surface area contributed by atoms with E-state index in [0.29, 0.717) is 27.8 Å². The van der Waals surface area contributed by atoms with Crippen molar-refractivity contribution in [3.8, 4) is 0 Å². The Morgan fingerprint density at radius 2 is 1.32 bits per heavy atom. The number of amides is 1. The van der Waals surface area contributed by atoms with E-state index in [1.165, 1.54) is 4.31 Å². The zero-order valence-corrected chi connectivity index (χ0v) is 22.8. The molecule has 4 rings (SSSR count). The zero-order valence-electron chi connectivity index (χ0n) is 20.4. The van der Waals surface area contributed by atoms with Crippen LogP contribution in [0, 0.1) is 6.92 Å². The fourth-order valence-electron chi connectivity index (χ4n) is 3.94. The van der Waals surface area contributed by atoms with Gasteiger partial charge in [-0.2, -0.15) is 0 Å². The van der Waals surface area contributed by atoms with Crippen molar-refractivity contribution in [2.45, 2.75) is 24.9 Å². The Hall–Kier alpha value is -3.32. The molecule has 0 radical (unpaired) electrons. The lowest BCUT2D eigenvalue weighted by molar-refractivity contribution is 0.0785. The highest BCUT2D eigenvalue weighted by Crippen LogP contribution is 2.31. The molecular weight excluding hydrogens is 527 g/mol. The van der Waals surface area contributed by atoms with Crippen LogP contribution in [0.2, 0.25) is 10.0 Å². The maximum atomic E-state index is 13.7. The van der Waals surface area contributed by atoms with Gasteiger partial charge in [0, 0.05) is 29.2 Å². The number of sulfonamides is 1. The van der Waals surface area contributed by atoms with Gasteiger partial charge in [-0.05, 0) is 72.1 Å². The summed E-state index contributed by atoms with van der Waals surface area (Å²) in [5.74, 6) is -0.138. The SMILES string of the molecule is Cc1ccc(Cl)cc1N(Cc1ccc(C(=O)N(C)Cc2ccc(Cl)cc2)cc1)S(=O)(=O)c1ccccc1. The molecule has 0 spiro atoms. The van der Waals surface area contributed by atoms with Gasteiger partial charge in [-0.1, -0.05) is 71.7 Å². The number of hydrogen-bond donors (Lipinski definition) is 0. The summed E-state index contributed by atoms with van der Waals surface area (Å²) < 4.78 is 28.7. The summed E-state index contributed by atoms with van der Waals surface area (Å²) in [6.07, 6.45) is 0. The minimum absolute atomic E-state index is 0.0769. The molecule has 5 nitrogen and oxygen atoms in total. The highest BCUT2D eigenvalue weighted by molar-refractivity contribution is 7.92. The van der Waals surface area contributed by atoms with Crippen LogP contribution in [0.4, 0.5) is 5.69 Å². The quantitative estimate of drug-likeness (QED) is 0.237. The zero-order chi connectivity index (χ0) is 26.6. The molecule has 0 heterocycles. The number of carbonyl (C=O) groups is 1. The third kappa shape index (κ3) is 6.34. The van der Waals surface area contributed by atoms with Gasteiger partial charge in [0.05, 0.1) is 17.1 Å². The van der Waals surface area contributed by atoms with Crippen LogP contribution >= 0.6 is 23.2 Å². The second kappa shape index (κ2) is 11.4. The van der Waals surface area contributed by atoms with Gasteiger partial charge in [0.25, 0.3) is 15.9 Å². The van der Waals surface area contributed by atoms with Crippen LogP contribution in [0.3, 0.4) is 0 Å². The maximum absolute atomic E-state index is 13.7. The van der Waals surface area contributed by atoms with Crippen molar-refractivity contribution in [2.24, 2.45) is 0 Å². The summed E-state index contributed by atoms with van der Waals surface area (Å²) in [6.45, 7) is 2.36. The molecule has 0 N–H and O–H groups in total. The van der Waals surface area contributed by atoms with Crippen LogP contribution in [-0.4, -0.2) is 26.3 Å². The summed E-state index contributed by atoms with van der Waals surface area (Å²) in [6, 6.07) is 27.8. The standard InChI is InChI=1S/C29H26Cl2N2O3S/c1-21-8-15-26(31)18-28(21)33(37(35,36)27-6-4-3-5-7-27)20-23-9-13-24(14-10-23)29(34)32(2)19-22-11-16-25(30)17-12-22/h3-18H,19-20H2,1-2H3. The highest BCUT2D eigenvalue weighted by atomic mass is 35.5. The van der Waals surface area contributed by atoms with Crippen molar-refractivity contribution in [1.29, 1.82) is 0 Å². The Balaban J connectivity index is 1.59. The van der Waals surface area contributed by atoms with Crippen molar-refractivity contribution in [3.05, 3.63) is 129 Å². The van der Waals surface area contributed by atoms with Gasteiger partial charge >= 0.3 is 0 Å². The van der Waals surface area contributed by atoms with E-state index < -0.39 is 10.0 Å². The fraction of sp³-hybridized carbons (Fsp3) is 0.138. The number of rotatable bonds is 8. The lowest BCUT2D eigenvalue weighted by atomic mass is 10.1. The Kier molecular flexibility index (Phi) is 8.22. The number of halogens is 2. The largest absolute Gasteiger partial charge is 0.337 e. The Morgan fingerprint density at radius 1 is 0.757 bits per heavy atom. The van der Waals surface area contributed by atoms with Crippen LogP contribution in [0.15, 0.2) is 102 Å². The summed E-state index contributed by atoms with van der Waals surface area (Å²) in [7, 11) is -2.14. The molecular formula is C29H26Cl2N2O3S. The summed E-state index contributed by atoms with van der Waals surface area (Å²) in [4.78, 5) is 14.8. The predicted octanol–water partition coefficient (Wildman–Crippen LogP) is 6.97. The van der Waals surface area contributed by atoms with Crippen LogP contribution in [0.1, 0.15) is 27.0 Å². The summed E-state index contributed by atoms with van der Waals surface area (Å²) >= 11 is 12.2. The van der Waals surface area contributed by atoms with Crippen LogP contribution in [0.25, 0.3) is 0 Å². The number of carbonyl (C=O) groups excluding carboxylic acids is 1. The lowest BCUT2D eigenvalue weighted by Crippen LogP contribution is -2.31. The first-order valence-corrected chi connectivity index (χ1v) is 13.8. The van der Waals surface area contributed by atoms with Gasteiger partial charge < -0.3 is 4.90 Å². The summed E-state index contributed by atoms with van der Waals surface area (Å²) in [5.41, 5.74) is 3.49. The average molecular weight is 554 g/mol. The Bertz CT molecular complexity index is 1490. The molecule has 4 aromatic carbocycles. The van der Waals surface area contributed by atoms with Gasteiger partial charge in [0.1, 0.15) is 0 Å². The molecule has 0 aliphatic carbocycles. The predicted molar refractivity (Wildman–Crippen MR) is 150 cm³/mol. The molecule has 190 valence electrons. The molecule has 0 aliphatic heterocycles. The molecule has 0 bridgehead atoms. The van der Waals surface area contributed by atoms with Gasteiger partial charge in [0.2, 0.25) is 0 Å². The summed E-state index contributed by atoms with van der Waals surface area (Å²) in [5, 5.41) is 1.09. The van der Waals surface area contributed by atoms with E-state index in [0.717, 1.165) is 16.7 Å². The number of nitrogens with zero attached hydrogens (tertiary/aromatic N) is 2. The molecule has 0 aromatic heterocycles. The molecule has 0 unspecified atom stereocenters. The smallest absolute Gasteiger partial charge is 0.264 e. The van der Waals surface area contributed by atoms with Crippen molar-refractivity contribution < 1.29 is 13.2 Å². The van der Waals surface area contributed by atoms with Gasteiger partial charge in [0.15, 0.2) is 0 Å². The first-order chi connectivity index (χ1) is 17.6. The number of benzene rings is 4. The lowest BCUT2D eigenvalue weighted by Gasteiger charge is -2.26. The molecule has 0 aliphatic rings. The fourth-order valence-corrected chi connectivity index (χ4v) is 5.77. The number of anilines is 1. The Morgan fingerprint density at radius 3 is 1.97 bits per heavy atom. The molecule has 0 saturated heterocycles. The van der Waals surface area contributed by atoms with Gasteiger partial charge in [-0.25, -0.2) is 8.42 Å². The minimum Gasteiger partial charge on any atom is -0.337 e. The van der Waals surface area contributed by atoms with Crippen LogP contribution in [-0.2, 0) is 23.1 Å². The molecule has 0 atom stereocenters. The normalized spacial score (nSPS) is 11.2. The minimum atomic E-state index is -3.88.